The average Bonchev–Trinajstić information content (AvgIpc) is 2.96. The van der Waals surface area contributed by atoms with Gasteiger partial charge in [-0.1, -0.05) is 27.7 Å². The molecule has 5 heteroatoms. The second kappa shape index (κ2) is 5.66. The lowest BCUT2D eigenvalue weighted by molar-refractivity contribution is 0.561. The highest BCUT2D eigenvalue weighted by atomic mass is 32.1. The molecule has 1 N–H and O–H groups in total. The summed E-state index contributed by atoms with van der Waals surface area (Å²) >= 11 is 1.73. The van der Waals surface area contributed by atoms with E-state index < -0.39 is 0 Å². The molecule has 2 aromatic heterocycles. The maximum absolute atomic E-state index is 4.85. The molecule has 0 fully saturated rings. The van der Waals surface area contributed by atoms with Crippen LogP contribution in [-0.2, 0) is 12.5 Å². The molecular weight excluding hydrogens is 268 g/mol. The Kier molecular flexibility index (Phi) is 4.30. The third kappa shape index (κ3) is 2.94. The first-order chi connectivity index (χ1) is 9.34. The Bertz CT molecular complexity index is 577. The normalized spacial score (nSPS) is 13.7. The molecule has 0 saturated heterocycles. The van der Waals surface area contributed by atoms with Crippen LogP contribution in [0.15, 0.2) is 11.6 Å². The van der Waals surface area contributed by atoms with E-state index in [9.17, 15) is 0 Å². The van der Waals surface area contributed by atoms with E-state index in [-0.39, 0.29) is 11.5 Å². The predicted octanol–water partition coefficient (Wildman–Crippen LogP) is 3.18. The highest BCUT2D eigenvalue weighted by Gasteiger charge is 2.24. The van der Waals surface area contributed by atoms with Crippen molar-refractivity contribution < 1.29 is 0 Å². The number of aryl methyl sites for hydroxylation is 1. The van der Waals surface area contributed by atoms with Crippen molar-refractivity contribution in [3.8, 4) is 0 Å². The van der Waals surface area contributed by atoms with Gasteiger partial charge in [0, 0.05) is 29.1 Å². The Balaban J connectivity index is 2.39. The SMILES string of the molecule is CCNC(c1nc(C(C)(C)C)cs1)c1cnn(C)c1C. The molecule has 1 atom stereocenters. The third-order valence-electron chi connectivity index (χ3n) is 3.53. The van der Waals surface area contributed by atoms with Crippen LogP contribution in [0.2, 0.25) is 0 Å². The first-order valence-electron chi connectivity index (χ1n) is 7.02. The molecule has 4 nitrogen and oxygen atoms in total. The van der Waals surface area contributed by atoms with Gasteiger partial charge in [0.05, 0.1) is 17.9 Å². The zero-order valence-corrected chi connectivity index (χ0v) is 14.0. The first-order valence-corrected chi connectivity index (χ1v) is 7.90. The number of nitrogens with zero attached hydrogens (tertiary/aromatic N) is 3. The van der Waals surface area contributed by atoms with Crippen LogP contribution in [0, 0.1) is 6.92 Å². The smallest absolute Gasteiger partial charge is 0.115 e. The zero-order chi connectivity index (χ0) is 14.9. The summed E-state index contributed by atoms with van der Waals surface area (Å²) in [4.78, 5) is 4.85. The molecule has 0 aliphatic rings. The molecule has 110 valence electrons. The molecule has 1 unspecified atom stereocenters. The maximum Gasteiger partial charge on any atom is 0.115 e. The van der Waals surface area contributed by atoms with E-state index in [2.05, 4.69) is 50.4 Å². The van der Waals surface area contributed by atoms with Crippen molar-refractivity contribution in [2.24, 2.45) is 7.05 Å². The lowest BCUT2D eigenvalue weighted by Crippen LogP contribution is -2.23. The fourth-order valence-corrected chi connectivity index (χ4v) is 3.23. The minimum absolute atomic E-state index is 0.0928. The minimum Gasteiger partial charge on any atom is -0.304 e. The summed E-state index contributed by atoms with van der Waals surface area (Å²) in [5.41, 5.74) is 3.64. The first kappa shape index (κ1) is 15.2. The van der Waals surface area contributed by atoms with E-state index in [1.165, 1.54) is 11.3 Å². The number of nitrogens with one attached hydrogen (secondary N) is 1. The second-order valence-corrected chi connectivity index (χ2v) is 7.01. The molecule has 0 saturated carbocycles. The molecule has 0 bridgehead atoms. The number of thiazole rings is 1. The van der Waals surface area contributed by atoms with Gasteiger partial charge in [-0.05, 0) is 13.5 Å². The monoisotopic (exact) mass is 292 g/mol. The van der Waals surface area contributed by atoms with Crippen LogP contribution in [0.1, 0.15) is 55.7 Å². The molecule has 0 aromatic carbocycles. The Morgan fingerprint density at radius 3 is 2.55 bits per heavy atom. The van der Waals surface area contributed by atoms with Gasteiger partial charge in [0.2, 0.25) is 0 Å². The number of aromatic nitrogens is 3. The van der Waals surface area contributed by atoms with Crippen molar-refractivity contribution in [3.05, 3.63) is 33.5 Å². The molecule has 0 radical (unpaired) electrons. The van der Waals surface area contributed by atoms with Gasteiger partial charge in [-0.2, -0.15) is 5.10 Å². The topological polar surface area (TPSA) is 42.7 Å². The Morgan fingerprint density at radius 2 is 2.10 bits per heavy atom. The van der Waals surface area contributed by atoms with Gasteiger partial charge < -0.3 is 5.32 Å². The second-order valence-electron chi connectivity index (χ2n) is 6.12. The summed E-state index contributed by atoms with van der Waals surface area (Å²) in [7, 11) is 1.98. The summed E-state index contributed by atoms with van der Waals surface area (Å²) in [5.74, 6) is 0. The molecule has 2 rings (SSSR count). The van der Waals surface area contributed by atoms with Gasteiger partial charge in [-0.25, -0.2) is 4.98 Å². The fraction of sp³-hybridized carbons (Fsp3) is 0.600. The van der Waals surface area contributed by atoms with Gasteiger partial charge in [0.1, 0.15) is 5.01 Å². The van der Waals surface area contributed by atoms with Crippen molar-refractivity contribution in [2.75, 3.05) is 6.54 Å². The van der Waals surface area contributed by atoms with Gasteiger partial charge in [0.15, 0.2) is 0 Å². The van der Waals surface area contributed by atoms with Crippen molar-refractivity contribution in [3.63, 3.8) is 0 Å². The van der Waals surface area contributed by atoms with Crippen LogP contribution in [-0.4, -0.2) is 21.3 Å². The van der Waals surface area contributed by atoms with E-state index in [0.717, 1.165) is 17.2 Å². The molecule has 0 amide bonds. The lowest BCUT2D eigenvalue weighted by atomic mass is 9.93. The van der Waals surface area contributed by atoms with Crippen LogP contribution in [0.3, 0.4) is 0 Å². The van der Waals surface area contributed by atoms with Gasteiger partial charge in [0.25, 0.3) is 0 Å². The van der Waals surface area contributed by atoms with Crippen LogP contribution in [0.4, 0.5) is 0 Å². The highest BCUT2D eigenvalue weighted by molar-refractivity contribution is 7.09. The lowest BCUT2D eigenvalue weighted by Gasteiger charge is -2.17. The number of rotatable bonds is 4. The van der Waals surface area contributed by atoms with E-state index in [1.807, 2.05) is 17.9 Å². The van der Waals surface area contributed by atoms with Crippen LogP contribution in [0.5, 0.6) is 0 Å². The Morgan fingerprint density at radius 1 is 1.40 bits per heavy atom. The highest BCUT2D eigenvalue weighted by Crippen LogP contribution is 2.30. The predicted molar refractivity (Wildman–Crippen MR) is 84.3 cm³/mol. The fourth-order valence-electron chi connectivity index (χ4n) is 2.10. The standard InChI is InChI=1S/C15H24N4S/c1-7-16-13(11-8-17-19(6)10(11)2)14-18-12(9-20-14)15(3,4)5/h8-9,13,16H,7H2,1-6H3. The molecule has 20 heavy (non-hydrogen) atoms. The van der Waals surface area contributed by atoms with Gasteiger partial charge >= 0.3 is 0 Å². The molecular formula is C15H24N4S. The maximum atomic E-state index is 4.85. The van der Waals surface area contributed by atoms with Crippen molar-refractivity contribution in [1.29, 1.82) is 0 Å². The molecule has 2 heterocycles. The van der Waals surface area contributed by atoms with Crippen molar-refractivity contribution in [1.82, 2.24) is 20.1 Å². The summed E-state index contributed by atoms with van der Waals surface area (Å²) < 4.78 is 1.91. The summed E-state index contributed by atoms with van der Waals surface area (Å²) in [5, 5.41) is 11.2. The number of hydrogen-bond acceptors (Lipinski definition) is 4. The summed E-state index contributed by atoms with van der Waals surface area (Å²) in [6.07, 6.45) is 1.95. The quantitative estimate of drug-likeness (QED) is 0.941. The van der Waals surface area contributed by atoms with E-state index in [4.69, 9.17) is 4.98 Å². The molecule has 0 aliphatic heterocycles. The summed E-state index contributed by atoms with van der Waals surface area (Å²) in [6.45, 7) is 11.7. The van der Waals surface area contributed by atoms with Crippen LogP contribution in [0.25, 0.3) is 0 Å². The average molecular weight is 292 g/mol. The largest absolute Gasteiger partial charge is 0.304 e. The van der Waals surface area contributed by atoms with Gasteiger partial charge in [-0.15, -0.1) is 11.3 Å². The van der Waals surface area contributed by atoms with Crippen molar-refractivity contribution >= 4 is 11.3 Å². The van der Waals surface area contributed by atoms with Crippen molar-refractivity contribution in [2.45, 2.75) is 46.1 Å². The van der Waals surface area contributed by atoms with E-state index >= 15 is 0 Å². The number of hydrogen-bond donors (Lipinski definition) is 1. The molecule has 0 spiro atoms. The Hall–Kier alpha value is -1.20. The summed E-state index contributed by atoms with van der Waals surface area (Å²) in [6, 6.07) is 0.134. The minimum atomic E-state index is 0.0928. The van der Waals surface area contributed by atoms with Crippen LogP contribution < -0.4 is 5.32 Å². The molecule has 0 aliphatic carbocycles. The van der Waals surface area contributed by atoms with E-state index in [0.29, 0.717) is 0 Å². The zero-order valence-electron chi connectivity index (χ0n) is 13.2. The third-order valence-corrected chi connectivity index (χ3v) is 4.44. The van der Waals surface area contributed by atoms with E-state index in [1.54, 1.807) is 11.3 Å². The van der Waals surface area contributed by atoms with Gasteiger partial charge in [-0.3, -0.25) is 4.68 Å². The Labute approximate surface area is 125 Å². The molecule has 2 aromatic rings. The van der Waals surface area contributed by atoms with Crippen LogP contribution >= 0.6 is 11.3 Å².